The number of benzene rings is 1. The van der Waals surface area contributed by atoms with Crippen LogP contribution < -0.4 is 0 Å². The van der Waals surface area contributed by atoms with Crippen LogP contribution in [0.1, 0.15) is 24.0 Å². The number of halogens is 1. The monoisotopic (exact) mass is 399 g/mol. The molecule has 2 aromatic rings. The maximum absolute atomic E-state index is 12.8. The minimum Gasteiger partial charge on any atom is -0.396 e. The van der Waals surface area contributed by atoms with Gasteiger partial charge in [-0.1, -0.05) is 29.8 Å². The summed E-state index contributed by atoms with van der Waals surface area (Å²) in [5, 5.41) is 12.5. The van der Waals surface area contributed by atoms with Crippen LogP contribution in [0.5, 0.6) is 0 Å². The van der Waals surface area contributed by atoms with E-state index in [9.17, 15) is 13.5 Å². The number of sulfonamides is 1. The number of rotatable bonds is 5. The maximum atomic E-state index is 12.8. The fourth-order valence-electron chi connectivity index (χ4n) is 3.30. The Bertz CT molecular complexity index is 840. The molecule has 0 spiro atoms. The van der Waals surface area contributed by atoms with Gasteiger partial charge in [-0.15, -0.1) is 11.3 Å². The second-order valence-electron chi connectivity index (χ2n) is 6.77. The largest absolute Gasteiger partial charge is 0.396 e. The Labute approximate surface area is 158 Å². The third kappa shape index (κ3) is 3.93. The van der Waals surface area contributed by atoms with Gasteiger partial charge in [0, 0.05) is 30.1 Å². The first kappa shape index (κ1) is 18.9. The van der Waals surface area contributed by atoms with Gasteiger partial charge in [0.1, 0.15) is 4.21 Å². The standard InChI is InChI=1S/C18H22ClNO3S2/c1-14-10-17(24-12-14)25(22,23)20-8-6-18(13-21,7-9-20)11-15-4-2-3-5-16(15)19/h2-5,10,12,21H,6-9,11,13H2,1H3. The van der Waals surface area contributed by atoms with Gasteiger partial charge in [0.15, 0.2) is 0 Å². The van der Waals surface area contributed by atoms with Crippen molar-refractivity contribution >= 4 is 33.0 Å². The zero-order valence-corrected chi connectivity index (χ0v) is 16.5. The Balaban J connectivity index is 1.74. The fraction of sp³-hybridized carbons (Fsp3) is 0.444. The molecule has 0 bridgehead atoms. The zero-order valence-electron chi connectivity index (χ0n) is 14.1. The Kier molecular flexibility index (Phi) is 5.56. The minimum atomic E-state index is -3.44. The van der Waals surface area contributed by atoms with Gasteiger partial charge >= 0.3 is 0 Å². The highest BCUT2D eigenvalue weighted by atomic mass is 35.5. The normalized spacial score (nSPS) is 18.4. The molecule has 0 radical (unpaired) electrons. The minimum absolute atomic E-state index is 0.0320. The van der Waals surface area contributed by atoms with E-state index in [1.165, 1.54) is 11.3 Å². The van der Waals surface area contributed by atoms with Gasteiger partial charge in [-0.2, -0.15) is 4.31 Å². The number of aryl methyl sites for hydroxylation is 1. The van der Waals surface area contributed by atoms with Crippen LogP contribution in [0.15, 0.2) is 39.9 Å². The van der Waals surface area contributed by atoms with E-state index in [1.807, 2.05) is 36.6 Å². The van der Waals surface area contributed by atoms with E-state index in [4.69, 9.17) is 11.6 Å². The van der Waals surface area contributed by atoms with E-state index < -0.39 is 10.0 Å². The predicted molar refractivity (Wildman–Crippen MR) is 102 cm³/mol. The maximum Gasteiger partial charge on any atom is 0.252 e. The number of aliphatic hydroxyl groups is 1. The van der Waals surface area contributed by atoms with Gasteiger partial charge in [0.2, 0.25) is 0 Å². The molecule has 4 nitrogen and oxygen atoms in total. The number of thiophene rings is 1. The van der Waals surface area contributed by atoms with E-state index >= 15 is 0 Å². The molecule has 1 aromatic carbocycles. The summed E-state index contributed by atoms with van der Waals surface area (Å²) in [7, 11) is -3.44. The molecule has 1 aliphatic heterocycles. The summed E-state index contributed by atoms with van der Waals surface area (Å²) in [4.78, 5) is 0. The highest BCUT2D eigenvalue weighted by Crippen LogP contribution is 2.38. The number of hydrogen-bond donors (Lipinski definition) is 1. The molecule has 1 saturated heterocycles. The Morgan fingerprint density at radius 2 is 1.96 bits per heavy atom. The third-order valence-corrected chi connectivity index (χ3v) is 8.74. The summed E-state index contributed by atoms with van der Waals surface area (Å²) in [6.07, 6.45) is 1.91. The molecule has 0 unspecified atom stereocenters. The molecule has 3 rings (SSSR count). The molecule has 1 N–H and O–H groups in total. The lowest BCUT2D eigenvalue weighted by Crippen LogP contribution is -2.45. The lowest BCUT2D eigenvalue weighted by molar-refractivity contribution is 0.0685. The number of aliphatic hydroxyl groups excluding tert-OH is 1. The fourth-order valence-corrected chi connectivity index (χ4v) is 6.33. The van der Waals surface area contributed by atoms with Gasteiger partial charge in [0.05, 0.1) is 0 Å². The first-order chi connectivity index (χ1) is 11.9. The Hall–Kier alpha value is -0.920. The van der Waals surface area contributed by atoms with Crippen molar-refractivity contribution in [3.05, 3.63) is 51.9 Å². The van der Waals surface area contributed by atoms with E-state index in [0.717, 1.165) is 11.1 Å². The second kappa shape index (κ2) is 7.37. The average Bonchev–Trinajstić information content (AvgIpc) is 3.05. The molecule has 1 aromatic heterocycles. The van der Waals surface area contributed by atoms with Gasteiger partial charge in [-0.25, -0.2) is 8.42 Å². The van der Waals surface area contributed by atoms with Crippen LogP contribution >= 0.6 is 22.9 Å². The SMILES string of the molecule is Cc1csc(S(=O)(=O)N2CCC(CO)(Cc3ccccc3Cl)CC2)c1. The average molecular weight is 400 g/mol. The molecular weight excluding hydrogens is 378 g/mol. The lowest BCUT2D eigenvalue weighted by Gasteiger charge is -2.40. The molecule has 2 heterocycles. The van der Waals surface area contributed by atoms with Gasteiger partial charge < -0.3 is 5.11 Å². The van der Waals surface area contributed by atoms with Crippen molar-refractivity contribution < 1.29 is 13.5 Å². The van der Waals surface area contributed by atoms with Crippen molar-refractivity contribution in [1.82, 2.24) is 4.31 Å². The van der Waals surface area contributed by atoms with Crippen molar-refractivity contribution in [3.63, 3.8) is 0 Å². The summed E-state index contributed by atoms with van der Waals surface area (Å²) in [6, 6.07) is 9.36. The topological polar surface area (TPSA) is 57.6 Å². The Morgan fingerprint density at radius 3 is 2.52 bits per heavy atom. The van der Waals surface area contributed by atoms with E-state index in [0.29, 0.717) is 41.6 Å². The van der Waals surface area contributed by atoms with Gasteiger partial charge in [-0.05, 0) is 54.8 Å². The number of piperidine rings is 1. The summed E-state index contributed by atoms with van der Waals surface area (Å²) >= 11 is 7.52. The van der Waals surface area contributed by atoms with Crippen LogP contribution in [0.4, 0.5) is 0 Å². The van der Waals surface area contributed by atoms with Crippen LogP contribution in [0, 0.1) is 12.3 Å². The first-order valence-electron chi connectivity index (χ1n) is 8.26. The zero-order chi connectivity index (χ0) is 18.1. The molecule has 0 aliphatic carbocycles. The van der Waals surface area contributed by atoms with Crippen molar-refractivity contribution in [2.75, 3.05) is 19.7 Å². The van der Waals surface area contributed by atoms with E-state index in [2.05, 4.69) is 0 Å². The van der Waals surface area contributed by atoms with Crippen LogP contribution in [-0.2, 0) is 16.4 Å². The molecule has 1 aliphatic rings. The van der Waals surface area contributed by atoms with Gasteiger partial charge in [0.25, 0.3) is 10.0 Å². The summed E-state index contributed by atoms with van der Waals surface area (Å²) < 4.78 is 27.5. The quantitative estimate of drug-likeness (QED) is 0.833. The molecule has 0 amide bonds. The summed E-state index contributed by atoms with van der Waals surface area (Å²) in [5.41, 5.74) is 1.65. The van der Waals surface area contributed by atoms with Gasteiger partial charge in [-0.3, -0.25) is 0 Å². The van der Waals surface area contributed by atoms with E-state index in [-0.39, 0.29) is 12.0 Å². The van der Waals surface area contributed by atoms with Crippen LogP contribution in [0.3, 0.4) is 0 Å². The van der Waals surface area contributed by atoms with Crippen LogP contribution in [0.2, 0.25) is 5.02 Å². The molecule has 0 atom stereocenters. The lowest BCUT2D eigenvalue weighted by atomic mass is 9.75. The van der Waals surface area contributed by atoms with E-state index in [1.54, 1.807) is 10.4 Å². The predicted octanol–water partition coefficient (Wildman–Crippen LogP) is 3.72. The molecule has 25 heavy (non-hydrogen) atoms. The summed E-state index contributed by atoms with van der Waals surface area (Å²) in [5.74, 6) is 0. The number of nitrogens with zero attached hydrogens (tertiary/aromatic N) is 1. The van der Waals surface area contributed by atoms with Crippen molar-refractivity contribution in [1.29, 1.82) is 0 Å². The van der Waals surface area contributed by atoms with Crippen molar-refractivity contribution in [2.24, 2.45) is 5.41 Å². The highest BCUT2D eigenvalue weighted by Gasteiger charge is 2.39. The molecule has 0 saturated carbocycles. The van der Waals surface area contributed by atoms with Crippen molar-refractivity contribution in [2.45, 2.75) is 30.4 Å². The third-order valence-electron chi connectivity index (χ3n) is 4.94. The van der Waals surface area contributed by atoms with Crippen LogP contribution in [0.25, 0.3) is 0 Å². The van der Waals surface area contributed by atoms with Crippen molar-refractivity contribution in [3.8, 4) is 0 Å². The second-order valence-corrected chi connectivity index (χ2v) is 10.3. The Morgan fingerprint density at radius 1 is 1.28 bits per heavy atom. The first-order valence-corrected chi connectivity index (χ1v) is 11.0. The smallest absolute Gasteiger partial charge is 0.252 e. The summed E-state index contributed by atoms with van der Waals surface area (Å²) in [6.45, 7) is 2.77. The highest BCUT2D eigenvalue weighted by molar-refractivity contribution is 7.91. The molecule has 1 fully saturated rings. The van der Waals surface area contributed by atoms with Crippen LogP contribution in [-0.4, -0.2) is 37.5 Å². The number of hydrogen-bond acceptors (Lipinski definition) is 4. The molecular formula is C18H22ClNO3S2. The molecule has 7 heteroatoms. The molecule has 136 valence electrons.